The fourth-order valence-corrected chi connectivity index (χ4v) is 4.40. The summed E-state index contributed by atoms with van der Waals surface area (Å²) in [6.07, 6.45) is 1.69. The maximum Gasteiger partial charge on any atom is 0.310 e. The van der Waals surface area contributed by atoms with Crippen molar-refractivity contribution in [3.8, 4) is 0 Å². The molecule has 1 aromatic carbocycles. The summed E-state index contributed by atoms with van der Waals surface area (Å²) < 4.78 is 37.3. The Labute approximate surface area is 178 Å². The third-order valence-electron chi connectivity index (χ3n) is 4.81. The number of ether oxygens (including phenoxy) is 2. The highest BCUT2D eigenvalue weighted by atomic mass is 32.2. The van der Waals surface area contributed by atoms with Gasteiger partial charge >= 0.3 is 5.97 Å². The molecule has 1 aliphatic rings. The fourth-order valence-electron chi connectivity index (χ4n) is 3.32. The number of likely N-dealkylation sites (tertiary alicyclic amines) is 1. The Hall–Kier alpha value is -2.17. The molecule has 0 spiro atoms. The van der Waals surface area contributed by atoms with E-state index in [4.69, 9.17) is 9.47 Å². The maximum absolute atomic E-state index is 12.4. The van der Waals surface area contributed by atoms with Crippen LogP contribution in [0.2, 0.25) is 0 Å². The van der Waals surface area contributed by atoms with Gasteiger partial charge in [-0.3, -0.25) is 9.79 Å². The summed E-state index contributed by atoms with van der Waals surface area (Å²) in [4.78, 5) is 18.6. The average Bonchev–Trinajstić information content (AvgIpc) is 2.75. The largest absolute Gasteiger partial charge is 0.466 e. The molecule has 0 aliphatic carbocycles. The first-order valence-electron chi connectivity index (χ1n) is 10.1. The smallest absolute Gasteiger partial charge is 0.310 e. The molecule has 0 bridgehead atoms. The van der Waals surface area contributed by atoms with E-state index in [2.05, 4.69) is 15.0 Å². The van der Waals surface area contributed by atoms with Crippen molar-refractivity contribution in [3.05, 3.63) is 29.8 Å². The lowest BCUT2D eigenvalue weighted by atomic mass is 9.98. The van der Waals surface area contributed by atoms with Gasteiger partial charge in [-0.2, -0.15) is 0 Å². The predicted molar refractivity (Wildman–Crippen MR) is 115 cm³/mol. The zero-order valence-corrected chi connectivity index (χ0v) is 18.7. The summed E-state index contributed by atoms with van der Waals surface area (Å²) in [6, 6.07) is 6.75. The lowest BCUT2D eigenvalue weighted by Crippen LogP contribution is -2.48. The molecular formula is C20H32N4O5S. The summed E-state index contributed by atoms with van der Waals surface area (Å²) in [5.41, 5.74) is 0.810. The molecule has 30 heavy (non-hydrogen) atoms. The van der Waals surface area contributed by atoms with Crippen molar-refractivity contribution in [2.45, 2.75) is 31.2 Å². The molecule has 0 aromatic heterocycles. The van der Waals surface area contributed by atoms with Crippen LogP contribution >= 0.6 is 0 Å². The Morgan fingerprint density at radius 3 is 2.87 bits per heavy atom. The van der Waals surface area contributed by atoms with E-state index in [-0.39, 0.29) is 23.3 Å². The van der Waals surface area contributed by atoms with Crippen molar-refractivity contribution in [1.82, 2.24) is 14.9 Å². The van der Waals surface area contributed by atoms with Crippen molar-refractivity contribution >= 4 is 22.0 Å². The number of rotatable bonds is 9. The van der Waals surface area contributed by atoms with Crippen LogP contribution in [0.4, 0.5) is 0 Å². The average molecular weight is 441 g/mol. The topological polar surface area (TPSA) is 109 Å². The first-order valence-corrected chi connectivity index (χ1v) is 11.6. The van der Waals surface area contributed by atoms with Crippen LogP contribution in [0.25, 0.3) is 0 Å². The number of carbonyl (C=O) groups excluding carboxylic acids is 1. The Kier molecular flexibility index (Phi) is 9.54. The van der Waals surface area contributed by atoms with Crippen LogP contribution in [0.15, 0.2) is 34.2 Å². The highest BCUT2D eigenvalue weighted by Crippen LogP contribution is 2.18. The zero-order chi connectivity index (χ0) is 22.0. The van der Waals surface area contributed by atoms with Crippen LogP contribution in [0, 0.1) is 5.92 Å². The third-order valence-corrected chi connectivity index (χ3v) is 6.27. The van der Waals surface area contributed by atoms with E-state index in [1.807, 2.05) is 11.0 Å². The number of aliphatic imine (C=N–C) groups is 1. The highest BCUT2D eigenvalue weighted by molar-refractivity contribution is 7.89. The number of hydrogen-bond acceptors (Lipinski definition) is 6. The van der Waals surface area contributed by atoms with Crippen molar-refractivity contribution in [2.75, 3.05) is 47.0 Å². The van der Waals surface area contributed by atoms with Gasteiger partial charge in [0.05, 0.1) is 24.0 Å². The van der Waals surface area contributed by atoms with Crippen molar-refractivity contribution < 1.29 is 22.7 Å². The quantitative estimate of drug-likeness (QED) is 0.255. The molecular weight excluding hydrogens is 408 g/mol. The van der Waals surface area contributed by atoms with Gasteiger partial charge in [0.25, 0.3) is 0 Å². The summed E-state index contributed by atoms with van der Waals surface area (Å²) in [5.74, 6) is 0.343. The van der Waals surface area contributed by atoms with E-state index < -0.39 is 10.0 Å². The molecule has 9 nitrogen and oxygen atoms in total. The number of nitrogens with one attached hydrogen (secondary N) is 2. The number of methoxy groups -OCH3 is 1. The zero-order valence-electron chi connectivity index (χ0n) is 17.9. The van der Waals surface area contributed by atoms with Gasteiger partial charge in [-0.1, -0.05) is 12.1 Å². The van der Waals surface area contributed by atoms with E-state index in [0.29, 0.717) is 32.3 Å². The van der Waals surface area contributed by atoms with E-state index in [1.165, 1.54) is 7.11 Å². The minimum absolute atomic E-state index is 0.163. The van der Waals surface area contributed by atoms with Crippen molar-refractivity contribution in [3.63, 3.8) is 0 Å². The fraction of sp³-hybridized carbons (Fsp3) is 0.600. The molecule has 1 aliphatic heterocycles. The molecule has 0 radical (unpaired) electrons. The molecule has 10 heteroatoms. The Morgan fingerprint density at radius 1 is 1.37 bits per heavy atom. The minimum Gasteiger partial charge on any atom is -0.466 e. The van der Waals surface area contributed by atoms with Gasteiger partial charge in [-0.05, 0) is 37.5 Å². The Balaban J connectivity index is 1.99. The van der Waals surface area contributed by atoms with Crippen LogP contribution in [-0.2, 0) is 30.8 Å². The Bertz CT molecular complexity index is 828. The van der Waals surface area contributed by atoms with Crippen molar-refractivity contribution in [1.29, 1.82) is 0 Å². The number of hydrogen-bond donors (Lipinski definition) is 2. The van der Waals surface area contributed by atoms with Crippen molar-refractivity contribution in [2.24, 2.45) is 10.9 Å². The standard InChI is InChI=1S/C20H32N4O5S/c1-4-29-19(25)17-8-6-11-24(15-17)20(21-2)22-14-16-7-5-9-18(13-16)30(26,27)23-10-12-28-3/h5,7,9,13,17,23H,4,6,8,10-12,14-15H2,1-3H3,(H,21,22). The lowest BCUT2D eigenvalue weighted by molar-refractivity contribution is -0.149. The van der Waals surface area contributed by atoms with Gasteiger partial charge in [0.1, 0.15) is 0 Å². The van der Waals surface area contributed by atoms with Crippen LogP contribution < -0.4 is 10.0 Å². The molecule has 1 saturated heterocycles. The number of piperidine rings is 1. The van der Waals surface area contributed by atoms with E-state index in [9.17, 15) is 13.2 Å². The van der Waals surface area contributed by atoms with Gasteiger partial charge in [-0.25, -0.2) is 13.1 Å². The lowest BCUT2D eigenvalue weighted by Gasteiger charge is -2.34. The second-order valence-electron chi connectivity index (χ2n) is 6.98. The van der Waals surface area contributed by atoms with Crippen LogP contribution in [0.3, 0.4) is 0 Å². The van der Waals surface area contributed by atoms with Gasteiger partial charge in [0.15, 0.2) is 5.96 Å². The number of guanidine groups is 1. The van der Waals surface area contributed by atoms with E-state index >= 15 is 0 Å². The molecule has 0 amide bonds. The Morgan fingerprint density at radius 2 is 2.17 bits per heavy atom. The molecule has 0 saturated carbocycles. The second-order valence-corrected chi connectivity index (χ2v) is 8.74. The number of nitrogens with zero attached hydrogens (tertiary/aromatic N) is 2. The summed E-state index contributed by atoms with van der Waals surface area (Å²) in [6.45, 7) is 4.46. The molecule has 1 aromatic rings. The molecule has 2 N–H and O–H groups in total. The highest BCUT2D eigenvalue weighted by Gasteiger charge is 2.28. The van der Waals surface area contributed by atoms with Gasteiger partial charge in [-0.15, -0.1) is 0 Å². The van der Waals surface area contributed by atoms with E-state index in [1.54, 1.807) is 32.2 Å². The van der Waals surface area contributed by atoms with Crippen LogP contribution in [0.5, 0.6) is 0 Å². The van der Waals surface area contributed by atoms with Gasteiger partial charge in [0.2, 0.25) is 10.0 Å². The molecule has 1 fully saturated rings. The predicted octanol–water partition coefficient (Wildman–Crippen LogP) is 0.962. The molecule has 1 unspecified atom stereocenters. The minimum atomic E-state index is -3.59. The van der Waals surface area contributed by atoms with E-state index in [0.717, 1.165) is 24.9 Å². The summed E-state index contributed by atoms with van der Waals surface area (Å²) in [5, 5.41) is 3.27. The van der Waals surface area contributed by atoms with Crippen LogP contribution in [-0.4, -0.2) is 72.3 Å². The maximum atomic E-state index is 12.4. The number of esters is 1. The second kappa shape index (κ2) is 11.9. The number of sulfonamides is 1. The molecule has 168 valence electrons. The van der Waals surface area contributed by atoms with Crippen LogP contribution in [0.1, 0.15) is 25.3 Å². The SMILES string of the molecule is CCOC(=O)C1CCCN(C(=NC)NCc2cccc(S(=O)(=O)NCCOC)c2)C1. The third kappa shape index (κ3) is 6.96. The summed E-state index contributed by atoms with van der Waals surface area (Å²) in [7, 11) is -0.382. The molecule has 2 rings (SSSR count). The van der Waals surface area contributed by atoms with Gasteiger partial charge < -0.3 is 19.7 Å². The first kappa shape index (κ1) is 24.1. The molecule has 1 atom stereocenters. The number of carbonyl (C=O) groups is 1. The molecule has 1 heterocycles. The van der Waals surface area contributed by atoms with Gasteiger partial charge in [0, 0.05) is 40.3 Å². The number of benzene rings is 1. The first-order chi connectivity index (χ1) is 14.4. The normalized spacial score (nSPS) is 17.6. The summed E-state index contributed by atoms with van der Waals surface area (Å²) >= 11 is 0. The monoisotopic (exact) mass is 440 g/mol.